The molecule has 2 heterocycles. The molecule has 1 aliphatic carbocycles. The van der Waals surface area contributed by atoms with Crippen molar-refractivity contribution in [3.05, 3.63) is 54.0 Å². The molecule has 0 spiro atoms. The SMILES string of the molecule is NC(=NCc1ccc(OC2CCCC2)nc1)NCCc1ccccn1. The van der Waals surface area contributed by atoms with E-state index in [9.17, 15) is 0 Å². The summed E-state index contributed by atoms with van der Waals surface area (Å²) in [4.78, 5) is 13.0. The van der Waals surface area contributed by atoms with E-state index in [2.05, 4.69) is 20.3 Å². The van der Waals surface area contributed by atoms with E-state index in [0.29, 0.717) is 31.0 Å². The molecule has 1 saturated carbocycles. The monoisotopic (exact) mass is 339 g/mol. The van der Waals surface area contributed by atoms with Crippen LogP contribution in [0.5, 0.6) is 5.88 Å². The van der Waals surface area contributed by atoms with Crippen molar-refractivity contribution in [1.82, 2.24) is 15.3 Å². The van der Waals surface area contributed by atoms with Gasteiger partial charge in [0.25, 0.3) is 0 Å². The highest BCUT2D eigenvalue weighted by molar-refractivity contribution is 5.77. The number of hydrogen-bond acceptors (Lipinski definition) is 4. The number of guanidine groups is 1. The third-order valence-corrected chi connectivity index (χ3v) is 4.23. The summed E-state index contributed by atoms with van der Waals surface area (Å²) in [6, 6.07) is 9.78. The lowest BCUT2D eigenvalue weighted by molar-refractivity contribution is 0.201. The third-order valence-electron chi connectivity index (χ3n) is 4.23. The fourth-order valence-electron chi connectivity index (χ4n) is 2.85. The van der Waals surface area contributed by atoms with Crippen LogP contribution in [-0.4, -0.2) is 28.6 Å². The number of aromatic nitrogens is 2. The van der Waals surface area contributed by atoms with Gasteiger partial charge in [-0.1, -0.05) is 12.1 Å². The molecule has 25 heavy (non-hydrogen) atoms. The Morgan fingerprint density at radius 2 is 2.08 bits per heavy atom. The largest absolute Gasteiger partial charge is 0.474 e. The lowest BCUT2D eigenvalue weighted by Crippen LogP contribution is -2.33. The van der Waals surface area contributed by atoms with Crippen LogP contribution in [0.3, 0.4) is 0 Å². The maximum absolute atomic E-state index is 5.90. The Kier molecular flexibility index (Phi) is 6.20. The number of pyridine rings is 2. The zero-order valence-electron chi connectivity index (χ0n) is 14.4. The molecular formula is C19H25N5O. The van der Waals surface area contributed by atoms with E-state index >= 15 is 0 Å². The molecule has 0 aliphatic heterocycles. The smallest absolute Gasteiger partial charge is 0.213 e. The Morgan fingerprint density at radius 3 is 2.80 bits per heavy atom. The first-order chi connectivity index (χ1) is 12.3. The summed E-state index contributed by atoms with van der Waals surface area (Å²) < 4.78 is 5.86. The number of ether oxygens (including phenoxy) is 1. The number of nitrogens with zero attached hydrogens (tertiary/aromatic N) is 3. The lowest BCUT2D eigenvalue weighted by atomic mass is 10.3. The minimum absolute atomic E-state index is 0.329. The van der Waals surface area contributed by atoms with Crippen LogP contribution in [0.4, 0.5) is 0 Å². The van der Waals surface area contributed by atoms with Crippen molar-refractivity contribution in [2.24, 2.45) is 10.7 Å². The zero-order chi connectivity index (χ0) is 17.3. The Balaban J connectivity index is 1.41. The molecule has 1 aliphatic rings. The second-order valence-electron chi connectivity index (χ2n) is 6.23. The Labute approximate surface area is 148 Å². The topological polar surface area (TPSA) is 85.4 Å². The molecule has 0 aromatic carbocycles. The average molecular weight is 339 g/mol. The molecule has 0 atom stereocenters. The number of hydrogen-bond donors (Lipinski definition) is 2. The summed E-state index contributed by atoms with van der Waals surface area (Å²) in [5, 5.41) is 3.10. The number of aliphatic imine (C=N–C) groups is 1. The number of rotatable bonds is 7. The van der Waals surface area contributed by atoms with Gasteiger partial charge in [0, 0.05) is 37.1 Å². The summed E-state index contributed by atoms with van der Waals surface area (Å²) in [5.41, 5.74) is 7.94. The number of nitrogens with one attached hydrogen (secondary N) is 1. The van der Waals surface area contributed by atoms with E-state index in [-0.39, 0.29) is 0 Å². The minimum atomic E-state index is 0.329. The van der Waals surface area contributed by atoms with E-state index in [1.165, 1.54) is 12.8 Å². The first kappa shape index (κ1) is 17.2. The minimum Gasteiger partial charge on any atom is -0.474 e. The molecule has 0 saturated heterocycles. The van der Waals surface area contributed by atoms with Gasteiger partial charge in [-0.05, 0) is 43.4 Å². The van der Waals surface area contributed by atoms with Gasteiger partial charge < -0.3 is 15.8 Å². The predicted octanol–water partition coefficient (Wildman–Crippen LogP) is 2.45. The van der Waals surface area contributed by atoms with Crippen LogP contribution in [0.2, 0.25) is 0 Å². The molecule has 6 heteroatoms. The molecule has 0 unspecified atom stereocenters. The second kappa shape index (κ2) is 9.01. The van der Waals surface area contributed by atoms with Crippen LogP contribution < -0.4 is 15.8 Å². The molecule has 3 rings (SSSR count). The molecule has 2 aromatic heterocycles. The van der Waals surface area contributed by atoms with E-state index in [0.717, 1.165) is 30.5 Å². The second-order valence-corrected chi connectivity index (χ2v) is 6.23. The molecule has 2 aromatic rings. The third kappa shape index (κ3) is 5.74. The van der Waals surface area contributed by atoms with Gasteiger partial charge in [0.2, 0.25) is 5.88 Å². The number of nitrogens with two attached hydrogens (primary N) is 1. The molecule has 3 N–H and O–H groups in total. The highest BCUT2D eigenvalue weighted by Gasteiger charge is 2.16. The zero-order valence-corrected chi connectivity index (χ0v) is 14.4. The Morgan fingerprint density at radius 1 is 1.20 bits per heavy atom. The first-order valence-electron chi connectivity index (χ1n) is 8.85. The quantitative estimate of drug-likeness (QED) is 0.598. The van der Waals surface area contributed by atoms with Gasteiger partial charge >= 0.3 is 0 Å². The molecule has 0 bridgehead atoms. The van der Waals surface area contributed by atoms with E-state index in [1.807, 2.05) is 30.3 Å². The standard InChI is InChI=1S/C19H25N5O/c20-19(22-12-10-16-5-3-4-11-21-16)24-14-15-8-9-18(23-13-15)25-17-6-1-2-7-17/h3-5,8-9,11,13,17H,1-2,6-7,10,12,14H2,(H3,20,22,24). The van der Waals surface area contributed by atoms with E-state index in [4.69, 9.17) is 10.5 Å². The Hall–Kier alpha value is -2.63. The van der Waals surface area contributed by atoms with Crippen LogP contribution >= 0.6 is 0 Å². The van der Waals surface area contributed by atoms with Crippen molar-refractivity contribution in [2.45, 2.75) is 44.8 Å². The van der Waals surface area contributed by atoms with Crippen molar-refractivity contribution in [3.63, 3.8) is 0 Å². The highest BCUT2D eigenvalue weighted by Crippen LogP contribution is 2.22. The van der Waals surface area contributed by atoms with Gasteiger partial charge in [0.15, 0.2) is 5.96 Å². The van der Waals surface area contributed by atoms with Gasteiger partial charge in [-0.25, -0.2) is 9.98 Å². The Bertz CT molecular complexity index is 666. The van der Waals surface area contributed by atoms with Crippen LogP contribution in [0, 0.1) is 0 Å². The van der Waals surface area contributed by atoms with Gasteiger partial charge in [0.1, 0.15) is 6.10 Å². The van der Waals surface area contributed by atoms with Gasteiger partial charge in [-0.3, -0.25) is 4.98 Å². The van der Waals surface area contributed by atoms with Crippen LogP contribution in [0.1, 0.15) is 36.9 Å². The molecule has 1 fully saturated rings. The average Bonchev–Trinajstić information content (AvgIpc) is 3.15. The van der Waals surface area contributed by atoms with Crippen molar-refractivity contribution < 1.29 is 4.74 Å². The predicted molar refractivity (Wildman–Crippen MR) is 98.4 cm³/mol. The molecule has 0 amide bonds. The summed E-state index contributed by atoms with van der Waals surface area (Å²) >= 11 is 0. The summed E-state index contributed by atoms with van der Waals surface area (Å²) in [6.45, 7) is 1.21. The van der Waals surface area contributed by atoms with Crippen molar-refractivity contribution in [2.75, 3.05) is 6.54 Å². The lowest BCUT2D eigenvalue weighted by Gasteiger charge is -2.11. The van der Waals surface area contributed by atoms with Crippen LogP contribution in [0.15, 0.2) is 47.7 Å². The molecular weight excluding hydrogens is 314 g/mol. The van der Waals surface area contributed by atoms with Crippen LogP contribution in [0.25, 0.3) is 0 Å². The maximum atomic E-state index is 5.90. The molecule has 6 nitrogen and oxygen atoms in total. The van der Waals surface area contributed by atoms with Gasteiger partial charge in [-0.2, -0.15) is 0 Å². The summed E-state index contributed by atoms with van der Waals surface area (Å²) in [6.07, 6.45) is 9.51. The molecule has 132 valence electrons. The summed E-state index contributed by atoms with van der Waals surface area (Å²) in [5.74, 6) is 1.13. The maximum Gasteiger partial charge on any atom is 0.213 e. The fraction of sp³-hybridized carbons (Fsp3) is 0.421. The van der Waals surface area contributed by atoms with Gasteiger partial charge in [0.05, 0.1) is 6.54 Å². The van der Waals surface area contributed by atoms with Crippen molar-refractivity contribution in [3.8, 4) is 5.88 Å². The van der Waals surface area contributed by atoms with Gasteiger partial charge in [-0.15, -0.1) is 0 Å². The first-order valence-corrected chi connectivity index (χ1v) is 8.85. The fourth-order valence-corrected chi connectivity index (χ4v) is 2.85. The van der Waals surface area contributed by atoms with Crippen LogP contribution in [-0.2, 0) is 13.0 Å². The molecule has 0 radical (unpaired) electrons. The van der Waals surface area contributed by atoms with E-state index < -0.39 is 0 Å². The van der Waals surface area contributed by atoms with E-state index in [1.54, 1.807) is 12.4 Å². The van der Waals surface area contributed by atoms with Crippen molar-refractivity contribution in [1.29, 1.82) is 0 Å². The van der Waals surface area contributed by atoms with Crippen molar-refractivity contribution >= 4 is 5.96 Å². The highest BCUT2D eigenvalue weighted by atomic mass is 16.5. The normalized spacial score (nSPS) is 15.3. The summed E-state index contributed by atoms with van der Waals surface area (Å²) in [7, 11) is 0.